The largest absolute Gasteiger partial charge is 0.364 e. The molecule has 3 heterocycles. The highest BCUT2D eigenvalue weighted by atomic mass is 16.2. The number of benzene rings is 1. The van der Waals surface area contributed by atoms with E-state index in [0.717, 1.165) is 40.9 Å². The van der Waals surface area contributed by atoms with Gasteiger partial charge in [0.05, 0.1) is 11.9 Å². The second-order valence-corrected chi connectivity index (χ2v) is 10.1. The third-order valence-corrected chi connectivity index (χ3v) is 7.45. The molecule has 2 aromatic heterocycles. The second-order valence-electron chi connectivity index (χ2n) is 10.1. The maximum absolute atomic E-state index is 13.1. The van der Waals surface area contributed by atoms with Crippen LogP contribution in [-0.2, 0) is 13.1 Å². The fourth-order valence-electron chi connectivity index (χ4n) is 5.38. The van der Waals surface area contributed by atoms with Crippen molar-refractivity contribution < 1.29 is 9.59 Å². The van der Waals surface area contributed by atoms with Gasteiger partial charge < -0.3 is 10.6 Å². The standard InChI is InChI=1S/C27H29N5O2/c28-26(33)24-10-9-22(21-12-29-32(16-21)14-17-3-1-2-4-17)25(30-24)19-7-8-20-15-31(13-18-5-6-18)27(34)23(20)11-19/h7-12,16-18H,1-6,13-15H2,(H2,28,33). The summed E-state index contributed by atoms with van der Waals surface area (Å²) in [4.78, 5) is 31.5. The molecule has 3 aromatic rings. The van der Waals surface area contributed by atoms with E-state index in [1.165, 1.54) is 38.5 Å². The first-order chi connectivity index (χ1) is 16.5. The molecule has 3 aliphatic rings. The molecular formula is C27H29N5O2. The first-order valence-corrected chi connectivity index (χ1v) is 12.3. The Labute approximate surface area is 199 Å². The molecule has 1 aliphatic heterocycles. The Bertz CT molecular complexity index is 1270. The van der Waals surface area contributed by atoms with Crippen molar-refractivity contribution in [3.05, 3.63) is 59.5 Å². The molecule has 0 radical (unpaired) electrons. The van der Waals surface area contributed by atoms with Gasteiger partial charge >= 0.3 is 0 Å². The van der Waals surface area contributed by atoms with E-state index < -0.39 is 5.91 Å². The predicted octanol–water partition coefficient (Wildman–Crippen LogP) is 4.27. The number of carbonyl (C=O) groups excluding carboxylic acids is 2. The number of hydrogen-bond acceptors (Lipinski definition) is 4. The van der Waals surface area contributed by atoms with Crippen molar-refractivity contribution in [1.82, 2.24) is 19.7 Å². The van der Waals surface area contributed by atoms with Crippen LogP contribution in [0, 0.1) is 11.8 Å². The number of nitrogens with two attached hydrogens (primary N) is 1. The number of pyridine rings is 1. The minimum atomic E-state index is -0.572. The molecule has 34 heavy (non-hydrogen) atoms. The Hall–Kier alpha value is -3.48. The van der Waals surface area contributed by atoms with E-state index in [0.29, 0.717) is 24.1 Å². The van der Waals surface area contributed by atoms with Gasteiger partial charge in [0.15, 0.2) is 0 Å². The van der Waals surface area contributed by atoms with E-state index in [2.05, 4.69) is 16.3 Å². The van der Waals surface area contributed by atoms with Crippen LogP contribution in [-0.4, -0.2) is 38.0 Å². The average Bonchev–Trinajstić information content (AvgIpc) is 3.20. The average molecular weight is 456 g/mol. The number of rotatable bonds is 7. The molecule has 6 rings (SSSR count). The summed E-state index contributed by atoms with van der Waals surface area (Å²) in [6.45, 7) is 2.43. The highest BCUT2D eigenvalue weighted by molar-refractivity contribution is 6.00. The van der Waals surface area contributed by atoms with E-state index in [9.17, 15) is 9.59 Å². The van der Waals surface area contributed by atoms with Gasteiger partial charge in [-0.3, -0.25) is 14.3 Å². The van der Waals surface area contributed by atoms with Crippen molar-refractivity contribution in [1.29, 1.82) is 0 Å². The van der Waals surface area contributed by atoms with Gasteiger partial charge in [0.25, 0.3) is 11.8 Å². The monoisotopic (exact) mass is 455 g/mol. The quantitative estimate of drug-likeness (QED) is 0.576. The summed E-state index contributed by atoms with van der Waals surface area (Å²) in [5.74, 6) is 0.848. The molecule has 0 spiro atoms. The predicted molar refractivity (Wildman–Crippen MR) is 129 cm³/mol. The lowest BCUT2D eigenvalue weighted by Crippen LogP contribution is -2.26. The van der Waals surface area contributed by atoms with Crippen LogP contribution in [0.4, 0.5) is 0 Å². The third kappa shape index (κ3) is 4.00. The van der Waals surface area contributed by atoms with Crippen LogP contribution >= 0.6 is 0 Å². The van der Waals surface area contributed by atoms with Gasteiger partial charge in [-0.15, -0.1) is 0 Å². The van der Waals surface area contributed by atoms with Gasteiger partial charge in [-0.2, -0.15) is 5.10 Å². The third-order valence-electron chi connectivity index (χ3n) is 7.45. The Morgan fingerprint density at radius 3 is 2.53 bits per heavy atom. The van der Waals surface area contributed by atoms with Crippen molar-refractivity contribution in [2.45, 2.75) is 51.6 Å². The van der Waals surface area contributed by atoms with Crippen LogP contribution in [0.25, 0.3) is 22.4 Å². The number of amides is 2. The zero-order chi connectivity index (χ0) is 23.2. The number of carbonyl (C=O) groups is 2. The van der Waals surface area contributed by atoms with Gasteiger partial charge in [0.1, 0.15) is 5.69 Å². The molecule has 0 unspecified atom stereocenters. The van der Waals surface area contributed by atoms with Crippen LogP contribution in [0.3, 0.4) is 0 Å². The normalized spacial score (nSPS) is 18.0. The van der Waals surface area contributed by atoms with E-state index in [-0.39, 0.29) is 11.6 Å². The van der Waals surface area contributed by atoms with E-state index in [4.69, 9.17) is 5.73 Å². The first-order valence-electron chi connectivity index (χ1n) is 12.3. The van der Waals surface area contributed by atoms with E-state index in [1.807, 2.05) is 40.0 Å². The van der Waals surface area contributed by atoms with Gasteiger partial charge in [-0.25, -0.2) is 4.98 Å². The first kappa shape index (κ1) is 21.1. The van der Waals surface area contributed by atoms with E-state index in [1.54, 1.807) is 6.07 Å². The zero-order valence-corrected chi connectivity index (χ0v) is 19.2. The molecule has 0 bridgehead atoms. The molecule has 7 nitrogen and oxygen atoms in total. The smallest absolute Gasteiger partial charge is 0.267 e. The van der Waals surface area contributed by atoms with Crippen LogP contribution in [0.2, 0.25) is 0 Å². The molecule has 0 atom stereocenters. The van der Waals surface area contributed by atoms with Crippen molar-refractivity contribution in [2.24, 2.45) is 17.6 Å². The second kappa shape index (κ2) is 8.38. The molecule has 7 heteroatoms. The van der Waals surface area contributed by atoms with Crippen molar-refractivity contribution >= 4 is 11.8 Å². The van der Waals surface area contributed by atoms with Crippen LogP contribution < -0.4 is 5.73 Å². The van der Waals surface area contributed by atoms with Gasteiger partial charge in [0.2, 0.25) is 0 Å². The molecule has 2 N–H and O–H groups in total. The summed E-state index contributed by atoms with van der Waals surface area (Å²) in [6.07, 6.45) is 11.5. The molecule has 0 saturated heterocycles. The van der Waals surface area contributed by atoms with Gasteiger partial charge in [-0.1, -0.05) is 25.0 Å². The number of aromatic nitrogens is 3. The summed E-state index contributed by atoms with van der Waals surface area (Å²) in [7, 11) is 0. The number of nitrogens with zero attached hydrogens (tertiary/aromatic N) is 4. The fourth-order valence-corrected chi connectivity index (χ4v) is 5.38. The zero-order valence-electron chi connectivity index (χ0n) is 19.2. The minimum Gasteiger partial charge on any atom is -0.364 e. The molecular weight excluding hydrogens is 426 g/mol. The van der Waals surface area contributed by atoms with Gasteiger partial charge in [-0.05, 0) is 61.3 Å². The van der Waals surface area contributed by atoms with E-state index >= 15 is 0 Å². The molecule has 174 valence electrons. The highest BCUT2D eigenvalue weighted by Gasteiger charge is 2.33. The topological polar surface area (TPSA) is 94.1 Å². The maximum atomic E-state index is 13.1. The van der Waals surface area contributed by atoms with Crippen LogP contribution in [0.1, 0.15) is 64.9 Å². The Morgan fingerprint density at radius 1 is 0.971 bits per heavy atom. The summed E-state index contributed by atoms with van der Waals surface area (Å²) in [5.41, 5.74) is 10.8. The van der Waals surface area contributed by atoms with Crippen molar-refractivity contribution in [3.8, 4) is 22.4 Å². The lowest BCUT2D eigenvalue weighted by Gasteiger charge is -2.14. The SMILES string of the molecule is NC(=O)c1ccc(-c2cnn(CC3CCCC3)c2)c(-c2ccc3c(c2)C(=O)N(CC2CC2)C3)n1. The lowest BCUT2D eigenvalue weighted by molar-refractivity contribution is 0.0770. The molecule has 2 aliphatic carbocycles. The minimum absolute atomic E-state index is 0.0840. The molecule has 1 aromatic carbocycles. The fraction of sp³-hybridized carbons (Fsp3) is 0.407. The molecule has 2 amide bonds. The summed E-state index contributed by atoms with van der Waals surface area (Å²) in [6, 6.07) is 9.47. The molecule has 2 fully saturated rings. The summed E-state index contributed by atoms with van der Waals surface area (Å²) in [5, 5.41) is 4.60. The Morgan fingerprint density at radius 2 is 1.76 bits per heavy atom. The summed E-state index contributed by atoms with van der Waals surface area (Å²) >= 11 is 0. The van der Waals surface area contributed by atoms with Crippen molar-refractivity contribution in [3.63, 3.8) is 0 Å². The lowest BCUT2D eigenvalue weighted by atomic mass is 9.98. The Kier molecular flexibility index (Phi) is 5.20. The maximum Gasteiger partial charge on any atom is 0.267 e. The van der Waals surface area contributed by atoms with Crippen molar-refractivity contribution in [2.75, 3.05) is 6.54 Å². The summed E-state index contributed by atoms with van der Waals surface area (Å²) < 4.78 is 2.01. The van der Waals surface area contributed by atoms with Gasteiger partial charge in [0, 0.05) is 48.1 Å². The number of fused-ring (bicyclic) bond motifs is 1. The molecule has 2 saturated carbocycles. The van der Waals surface area contributed by atoms with Crippen LogP contribution in [0.5, 0.6) is 0 Å². The number of primary amides is 1. The highest BCUT2D eigenvalue weighted by Crippen LogP contribution is 2.36. The number of hydrogen-bond donors (Lipinski definition) is 1. The Balaban J connectivity index is 1.35. The van der Waals surface area contributed by atoms with Crippen LogP contribution in [0.15, 0.2) is 42.7 Å².